The van der Waals surface area contributed by atoms with Gasteiger partial charge in [-0.15, -0.1) is 0 Å². The molecule has 0 bridgehead atoms. The van der Waals surface area contributed by atoms with E-state index in [1.54, 1.807) is 25.1 Å². The third kappa shape index (κ3) is 4.45. The van der Waals surface area contributed by atoms with Gasteiger partial charge in [-0.1, -0.05) is 23.2 Å². The molecule has 2 aromatic rings. The van der Waals surface area contributed by atoms with Crippen LogP contribution in [0.25, 0.3) is 0 Å². The Kier molecular flexibility index (Phi) is 6.32. The maximum Gasteiger partial charge on any atom is 0.359 e. The van der Waals surface area contributed by atoms with Crippen LogP contribution in [-0.2, 0) is 4.74 Å². The van der Waals surface area contributed by atoms with Crippen molar-refractivity contribution in [2.75, 3.05) is 6.61 Å². The predicted octanol–water partition coefficient (Wildman–Crippen LogP) is 4.79. The molecule has 0 aliphatic carbocycles. The van der Waals surface area contributed by atoms with Crippen molar-refractivity contribution in [2.45, 2.75) is 39.8 Å². The van der Waals surface area contributed by atoms with E-state index in [1.807, 2.05) is 13.8 Å². The summed E-state index contributed by atoms with van der Waals surface area (Å²) in [5.41, 5.74) is 0.275. The normalized spacial score (nSPS) is 12.3. The van der Waals surface area contributed by atoms with Crippen molar-refractivity contribution in [3.63, 3.8) is 0 Å². The SMILES string of the molecule is CCOC(=O)c1nn(C(C)C)c(Oc2cc(Cl)cc(Cl)c2)c1C(C)O. The van der Waals surface area contributed by atoms with Crippen molar-refractivity contribution in [3.05, 3.63) is 39.5 Å². The Morgan fingerprint density at radius 3 is 2.32 bits per heavy atom. The molecule has 0 spiro atoms. The van der Waals surface area contributed by atoms with E-state index in [-0.39, 0.29) is 29.8 Å². The number of carbonyl (C=O) groups excluding carboxylic acids is 1. The molecule has 1 unspecified atom stereocenters. The van der Waals surface area contributed by atoms with E-state index in [0.717, 1.165) is 0 Å². The first-order valence-electron chi connectivity index (χ1n) is 7.86. The van der Waals surface area contributed by atoms with Gasteiger partial charge < -0.3 is 14.6 Å². The minimum absolute atomic E-state index is 0.0219. The first-order valence-corrected chi connectivity index (χ1v) is 8.61. The number of aromatic nitrogens is 2. The molecular weight excluding hydrogens is 367 g/mol. The number of aliphatic hydroxyl groups excluding tert-OH is 1. The quantitative estimate of drug-likeness (QED) is 0.722. The molecule has 25 heavy (non-hydrogen) atoms. The van der Waals surface area contributed by atoms with Crippen LogP contribution in [-0.4, -0.2) is 27.5 Å². The number of ether oxygens (including phenoxy) is 2. The molecule has 1 aromatic heterocycles. The van der Waals surface area contributed by atoms with Crippen LogP contribution in [0, 0.1) is 0 Å². The summed E-state index contributed by atoms with van der Waals surface area (Å²) in [6.07, 6.45) is -0.989. The standard InChI is InChI=1S/C17H20Cl2N2O4/c1-5-24-17(23)15-14(10(4)22)16(21(20-15)9(2)3)25-13-7-11(18)6-12(19)8-13/h6-10,22H,5H2,1-4H3. The summed E-state index contributed by atoms with van der Waals surface area (Å²) < 4.78 is 12.4. The van der Waals surface area contributed by atoms with Gasteiger partial charge in [-0.3, -0.25) is 0 Å². The first kappa shape index (κ1) is 19.6. The Balaban J connectivity index is 2.59. The summed E-state index contributed by atoms with van der Waals surface area (Å²) in [7, 11) is 0. The van der Waals surface area contributed by atoms with Crippen molar-refractivity contribution in [2.24, 2.45) is 0 Å². The van der Waals surface area contributed by atoms with Gasteiger partial charge >= 0.3 is 5.97 Å². The van der Waals surface area contributed by atoms with Crippen molar-refractivity contribution in [1.82, 2.24) is 9.78 Å². The van der Waals surface area contributed by atoms with Crippen LogP contribution in [0.3, 0.4) is 0 Å². The Morgan fingerprint density at radius 1 is 1.24 bits per heavy atom. The van der Waals surface area contributed by atoms with Gasteiger partial charge in [-0.25, -0.2) is 9.48 Å². The zero-order chi connectivity index (χ0) is 18.7. The van der Waals surface area contributed by atoms with Crippen molar-refractivity contribution in [3.8, 4) is 11.6 Å². The number of hydrogen-bond donors (Lipinski definition) is 1. The fourth-order valence-corrected chi connectivity index (χ4v) is 2.82. The lowest BCUT2D eigenvalue weighted by atomic mass is 10.1. The molecule has 0 aliphatic heterocycles. The maximum absolute atomic E-state index is 12.2. The van der Waals surface area contributed by atoms with Crippen LogP contribution >= 0.6 is 23.2 Å². The van der Waals surface area contributed by atoms with E-state index in [1.165, 1.54) is 11.6 Å². The smallest absolute Gasteiger partial charge is 0.359 e. The number of halogens is 2. The monoisotopic (exact) mass is 386 g/mol. The second-order valence-corrected chi connectivity index (χ2v) is 6.58. The van der Waals surface area contributed by atoms with E-state index >= 15 is 0 Å². The molecule has 1 aromatic carbocycles. The molecule has 0 radical (unpaired) electrons. The number of esters is 1. The average molecular weight is 387 g/mol. The third-order valence-electron chi connectivity index (χ3n) is 3.33. The van der Waals surface area contributed by atoms with Crippen LogP contribution in [0.1, 0.15) is 55.9 Å². The van der Waals surface area contributed by atoms with E-state index in [9.17, 15) is 9.90 Å². The minimum atomic E-state index is -0.989. The summed E-state index contributed by atoms with van der Waals surface area (Å²) in [6, 6.07) is 4.63. The molecule has 8 heteroatoms. The Bertz CT molecular complexity index is 752. The molecule has 2 rings (SSSR count). The van der Waals surface area contributed by atoms with Gasteiger partial charge in [-0.05, 0) is 45.9 Å². The van der Waals surface area contributed by atoms with Crippen LogP contribution in [0.15, 0.2) is 18.2 Å². The van der Waals surface area contributed by atoms with Crippen LogP contribution in [0.5, 0.6) is 11.6 Å². The number of rotatable bonds is 6. The van der Waals surface area contributed by atoms with E-state index in [2.05, 4.69) is 5.10 Å². The topological polar surface area (TPSA) is 73.6 Å². The van der Waals surface area contributed by atoms with Crippen molar-refractivity contribution in [1.29, 1.82) is 0 Å². The Labute approximate surface area is 156 Å². The predicted molar refractivity (Wildman–Crippen MR) is 95.7 cm³/mol. The van der Waals surface area contributed by atoms with Gasteiger partial charge in [0, 0.05) is 10.0 Å². The summed E-state index contributed by atoms with van der Waals surface area (Å²) >= 11 is 12.0. The molecule has 0 aliphatic rings. The number of carbonyl (C=O) groups is 1. The van der Waals surface area contributed by atoms with Gasteiger partial charge in [0.2, 0.25) is 5.88 Å². The summed E-state index contributed by atoms with van der Waals surface area (Å²) in [5.74, 6) is -0.00484. The summed E-state index contributed by atoms with van der Waals surface area (Å²) in [5, 5.41) is 15.3. The lowest BCUT2D eigenvalue weighted by Crippen LogP contribution is -2.10. The highest BCUT2D eigenvalue weighted by Gasteiger charge is 2.29. The lowest BCUT2D eigenvalue weighted by Gasteiger charge is -2.14. The highest BCUT2D eigenvalue weighted by Crippen LogP contribution is 2.36. The van der Waals surface area contributed by atoms with E-state index < -0.39 is 12.1 Å². The number of nitrogens with zero attached hydrogens (tertiary/aromatic N) is 2. The van der Waals surface area contributed by atoms with Gasteiger partial charge in [0.25, 0.3) is 0 Å². The highest BCUT2D eigenvalue weighted by molar-refractivity contribution is 6.34. The fourth-order valence-electron chi connectivity index (χ4n) is 2.31. The number of hydrogen-bond acceptors (Lipinski definition) is 5. The van der Waals surface area contributed by atoms with Crippen molar-refractivity contribution >= 4 is 29.2 Å². The Morgan fingerprint density at radius 2 is 1.84 bits per heavy atom. The van der Waals surface area contributed by atoms with Gasteiger partial charge in [-0.2, -0.15) is 5.10 Å². The molecule has 1 heterocycles. The van der Waals surface area contributed by atoms with E-state index in [0.29, 0.717) is 15.8 Å². The molecule has 1 N–H and O–H groups in total. The Hall–Kier alpha value is -1.76. The largest absolute Gasteiger partial charge is 0.461 e. The zero-order valence-electron chi connectivity index (χ0n) is 14.4. The first-order chi connectivity index (χ1) is 11.7. The van der Waals surface area contributed by atoms with Crippen LogP contribution in [0.4, 0.5) is 0 Å². The fraction of sp³-hybridized carbons (Fsp3) is 0.412. The van der Waals surface area contributed by atoms with Crippen LogP contribution in [0.2, 0.25) is 10.0 Å². The maximum atomic E-state index is 12.2. The molecular formula is C17H20Cl2N2O4. The molecule has 0 saturated heterocycles. The van der Waals surface area contributed by atoms with Crippen LogP contribution < -0.4 is 4.74 Å². The van der Waals surface area contributed by atoms with E-state index in [4.69, 9.17) is 32.7 Å². The molecule has 6 nitrogen and oxygen atoms in total. The van der Waals surface area contributed by atoms with Gasteiger partial charge in [0.05, 0.1) is 24.3 Å². The second kappa shape index (κ2) is 8.08. The summed E-state index contributed by atoms with van der Waals surface area (Å²) in [4.78, 5) is 12.2. The number of benzene rings is 1. The number of aliphatic hydroxyl groups is 1. The second-order valence-electron chi connectivity index (χ2n) is 5.71. The average Bonchev–Trinajstić information content (AvgIpc) is 2.86. The van der Waals surface area contributed by atoms with Crippen molar-refractivity contribution < 1.29 is 19.4 Å². The van der Waals surface area contributed by atoms with Gasteiger partial charge in [0.1, 0.15) is 5.75 Å². The molecule has 1 atom stereocenters. The molecule has 136 valence electrons. The zero-order valence-corrected chi connectivity index (χ0v) is 15.9. The van der Waals surface area contributed by atoms with Gasteiger partial charge in [0.15, 0.2) is 5.69 Å². The molecule has 0 fully saturated rings. The summed E-state index contributed by atoms with van der Waals surface area (Å²) in [6.45, 7) is 7.19. The molecule has 0 amide bonds. The molecule has 0 saturated carbocycles. The minimum Gasteiger partial charge on any atom is -0.461 e. The lowest BCUT2D eigenvalue weighted by molar-refractivity contribution is 0.0512. The highest BCUT2D eigenvalue weighted by atomic mass is 35.5. The third-order valence-corrected chi connectivity index (χ3v) is 3.76.